The second-order valence-corrected chi connectivity index (χ2v) is 3.56. The zero-order valence-corrected chi connectivity index (χ0v) is 8.54. The fourth-order valence-corrected chi connectivity index (χ4v) is 1.48. The lowest BCUT2D eigenvalue weighted by Gasteiger charge is -2.13. The molecule has 0 spiro atoms. The zero-order valence-electron chi connectivity index (χ0n) is 7.78. The molecule has 3 nitrogen and oxygen atoms in total. The maximum atomic E-state index is 9.59. The molecule has 1 rings (SSSR count). The Morgan fingerprint density at radius 2 is 2.14 bits per heavy atom. The molecule has 0 saturated carbocycles. The first-order valence-electron chi connectivity index (χ1n) is 4.50. The molecule has 4 heteroatoms. The summed E-state index contributed by atoms with van der Waals surface area (Å²) in [6.45, 7) is 0.106. The van der Waals surface area contributed by atoms with Gasteiger partial charge in [-0.3, -0.25) is 0 Å². The first-order chi connectivity index (χ1) is 6.66. The van der Waals surface area contributed by atoms with Crippen LogP contribution in [-0.4, -0.2) is 16.8 Å². The Hall–Kier alpha value is -0.770. The number of benzene rings is 1. The number of aliphatic hydroxyl groups excluding tert-OH is 1. The quantitative estimate of drug-likeness (QED) is 0.718. The van der Waals surface area contributed by atoms with Gasteiger partial charge in [-0.1, -0.05) is 23.7 Å². The summed E-state index contributed by atoms with van der Waals surface area (Å²) in [6.07, 6.45) is 1.25. The number of hydrogen-bond acceptors (Lipinski definition) is 3. The van der Waals surface area contributed by atoms with Crippen molar-refractivity contribution >= 4 is 11.6 Å². The van der Waals surface area contributed by atoms with Crippen molar-refractivity contribution in [3.8, 4) is 5.75 Å². The highest BCUT2D eigenvalue weighted by Crippen LogP contribution is 2.31. The third-order valence-corrected chi connectivity index (χ3v) is 2.40. The maximum Gasteiger partial charge on any atom is 0.138 e. The molecule has 0 aromatic heterocycles. The summed E-state index contributed by atoms with van der Waals surface area (Å²) in [5.74, 6) is 0.0413. The van der Waals surface area contributed by atoms with Crippen LogP contribution in [0.1, 0.15) is 24.4 Å². The van der Waals surface area contributed by atoms with Gasteiger partial charge in [0.15, 0.2) is 0 Å². The van der Waals surface area contributed by atoms with E-state index in [0.29, 0.717) is 23.4 Å². The van der Waals surface area contributed by atoms with Crippen LogP contribution in [0.4, 0.5) is 0 Å². The Morgan fingerprint density at radius 1 is 1.43 bits per heavy atom. The fraction of sp³-hybridized carbons (Fsp3) is 0.400. The van der Waals surface area contributed by atoms with E-state index in [-0.39, 0.29) is 18.4 Å². The van der Waals surface area contributed by atoms with Crippen molar-refractivity contribution in [1.29, 1.82) is 0 Å². The number of para-hydroxylation sites is 1. The minimum Gasteiger partial charge on any atom is -0.506 e. The van der Waals surface area contributed by atoms with Crippen LogP contribution in [0.5, 0.6) is 5.75 Å². The van der Waals surface area contributed by atoms with E-state index in [1.807, 2.05) is 0 Å². The van der Waals surface area contributed by atoms with Crippen molar-refractivity contribution in [2.75, 3.05) is 6.61 Å². The number of aliphatic hydroxyl groups is 1. The van der Waals surface area contributed by atoms with Crippen molar-refractivity contribution in [3.05, 3.63) is 28.8 Å². The van der Waals surface area contributed by atoms with Gasteiger partial charge in [-0.15, -0.1) is 0 Å². The van der Waals surface area contributed by atoms with Gasteiger partial charge in [-0.2, -0.15) is 0 Å². The molecular weight excluding hydrogens is 202 g/mol. The number of nitrogens with two attached hydrogens (primary N) is 1. The largest absolute Gasteiger partial charge is 0.506 e. The van der Waals surface area contributed by atoms with Gasteiger partial charge in [0.2, 0.25) is 0 Å². The summed E-state index contributed by atoms with van der Waals surface area (Å²) < 4.78 is 0. The number of phenols is 1. The summed E-state index contributed by atoms with van der Waals surface area (Å²) in [5.41, 5.74) is 6.45. The maximum absolute atomic E-state index is 9.59. The van der Waals surface area contributed by atoms with Crippen molar-refractivity contribution in [1.82, 2.24) is 0 Å². The molecule has 1 aromatic carbocycles. The first kappa shape index (κ1) is 11.3. The van der Waals surface area contributed by atoms with Crippen molar-refractivity contribution in [3.63, 3.8) is 0 Å². The molecule has 1 atom stereocenters. The van der Waals surface area contributed by atoms with E-state index in [1.54, 1.807) is 18.2 Å². The average molecular weight is 216 g/mol. The molecule has 0 amide bonds. The SMILES string of the molecule is N[C@@H](CCCO)c1cccc(Cl)c1O. The molecule has 0 heterocycles. The van der Waals surface area contributed by atoms with Crippen LogP contribution < -0.4 is 5.73 Å². The van der Waals surface area contributed by atoms with Crippen LogP contribution in [0.3, 0.4) is 0 Å². The molecule has 0 unspecified atom stereocenters. The summed E-state index contributed by atoms with van der Waals surface area (Å²) in [6, 6.07) is 4.82. The van der Waals surface area contributed by atoms with E-state index in [2.05, 4.69) is 0 Å². The van der Waals surface area contributed by atoms with Gasteiger partial charge >= 0.3 is 0 Å². The van der Waals surface area contributed by atoms with Crippen LogP contribution in [0.2, 0.25) is 5.02 Å². The Bertz CT molecular complexity index is 304. The number of hydrogen-bond donors (Lipinski definition) is 3. The Morgan fingerprint density at radius 3 is 2.79 bits per heavy atom. The highest BCUT2D eigenvalue weighted by atomic mass is 35.5. The number of aromatic hydroxyl groups is 1. The normalized spacial score (nSPS) is 12.8. The van der Waals surface area contributed by atoms with E-state index in [9.17, 15) is 5.11 Å². The van der Waals surface area contributed by atoms with Crippen LogP contribution >= 0.6 is 11.6 Å². The lowest BCUT2D eigenvalue weighted by molar-refractivity contribution is 0.279. The summed E-state index contributed by atoms with van der Waals surface area (Å²) in [7, 11) is 0. The van der Waals surface area contributed by atoms with E-state index < -0.39 is 0 Å². The standard InChI is InChI=1S/C10H14ClNO2/c11-8-4-1-3-7(10(8)14)9(12)5-2-6-13/h1,3-4,9,13-14H,2,5-6,12H2/t9-/m0/s1. The number of rotatable bonds is 4. The van der Waals surface area contributed by atoms with Gasteiger partial charge in [0.1, 0.15) is 5.75 Å². The summed E-state index contributed by atoms with van der Waals surface area (Å²) in [4.78, 5) is 0. The van der Waals surface area contributed by atoms with Gasteiger partial charge in [0, 0.05) is 18.2 Å². The van der Waals surface area contributed by atoms with Crippen LogP contribution in [0.25, 0.3) is 0 Å². The molecule has 0 aliphatic heterocycles. The average Bonchev–Trinajstić information content (AvgIpc) is 2.18. The monoisotopic (exact) mass is 215 g/mol. The Balaban J connectivity index is 2.79. The van der Waals surface area contributed by atoms with Crippen molar-refractivity contribution in [2.45, 2.75) is 18.9 Å². The van der Waals surface area contributed by atoms with Crippen molar-refractivity contribution < 1.29 is 10.2 Å². The van der Waals surface area contributed by atoms with E-state index in [0.717, 1.165) is 0 Å². The van der Waals surface area contributed by atoms with E-state index >= 15 is 0 Å². The molecule has 0 radical (unpaired) electrons. The third kappa shape index (κ3) is 2.61. The molecule has 0 aliphatic rings. The molecule has 0 saturated heterocycles. The van der Waals surface area contributed by atoms with Gasteiger partial charge in [-0.25, -0.2) is 0 Å². The van der Waals surface area contributed by atoms with Crippen LogP contribution in [0.15, 0.2) is 18.2 Å². The molecule has 1 aromatic rings. The van der Waals surface area contributed by atoms with E-state index in [1.165, 1.54) is 0 Å². The van der Waals surface area contributed by atoms with Crippen LogP contribution in [0, 0.1) is 0 Å². The predicted octanol–water partition coefficient (Wildman–Crippen LogP) is 1.82. The number of phenolic OH excluding ortho intramolecular Hbond substituents is 1. The zero-order chi connectivity index (χ0) is 10.6. The predicted molar refractivity (Wildman–Crippen MR) is 56.4 cm³/mol. The second-order valence-electron chi connectivity index (χ2n) is 3.15. The highest BCUT2D eigenvalue weighted by molar-refractivity contribution is 6.32. The van der Waals surface area contributed by atoms with Gasteiger partial charge in [-0.05, 0) is 18.9 Å². The van der Waals surface area contributed by atoms with Gasteiger partial charge in [0.25, 0.3) is 0 Å². The van der Waals surface area contributed by atoms with E-state index in [4.69, 9.17) is 22.4 Å². The minimum atomic E-state index is -0.277. The van der Waals surface area contributed by atoms with Gasteiger partial charge in [0.05, 0.1) is 5.02 Å². The Kier molecular flexibility index (Phi) is 4.20. The molecule has 4 N–H and O–H groups in total. The molecule has 78 valence electrons. The molecule has 0 fully saturated rings. The third-order valence-electron chi connectivity index (χ3n) is 2.09. The van der Waals surface area contributed by atoms with Crippen molar-refractivity contribution in [2.24, 2.45) is 5.73 Å². The lowest BCUT2D eigenvalue weighted by Crippen LogP contribution is -2.11. The second kappa shape index (κ2) is 5.20. The topological polar surface area (TPSA) is 66.5 Å². The smallest absolute Gasteiger partial charge is 0.138 e. The minimum absolute atomic E-state index is 0.0413. The summed E-state index contributed by atoms with van der Waals surface area (Å²) >= 11 is 5.74. The first-order valence-corrected chi connectivity index (χ1v) is 4.88. The Labute approximate surface area is 88.1 Å². The fourth-order valence-electron chi connectivity index (χ4n) is 1.30. The lowest BCUT2D eigenvalue weighted by atomic mass is 10.0. The number of halogens is 1. The summed E-state index contributed by atoms with van der Waals surface area (Å²) in [5, 5.41) is 18.5. The highest BCUT2D eigenvalue weighted by Gasteiger charge is 2.12. The molecular formula is C10H14ClNO2. The molecule has 0 bridgehead atoms. The van der Waals surface area contributed by atoms with Crippen LogP contribution in [-0.2, 0) is 0 Å². The molecule has 14 heavy (non-hydrogen) atoms. The van der Waals surface area contributed by atoms with Gasteiger partial charge < -0.3 is 15.9 Å². The molecule has 0 aliphatic carbocycles.